The number of rotatable bonds is 3. The highest BCUT2D eigenvalue weighted by Gasteiger charge is 2.34. The van der Waals surface area contributed by atoms with Crippen molar-refractivity contribution < 1.29 is 9.47 Å². The second-order valence-electron chi connectivity index (χ2n) is 4.23. The first-order valence-electron chi connectivity index (χ1n) is 4.93. The summed E-state index contributed by atoms with van der Waals surface area (Å²) in [7, 11) is 0. The van der Waals surface area contributed by atoms with Crippen LogP contribution in [0.25, 0.3) is 0 Å². The predicted molar refractivity (Wildman–Crippen MR) is 55.6 cm³/mol. The summed E-state index contributed by atoms with van der Waals surface area (Å²) in [6.07, 6.45) is 0. The molecule has 1 fully saturated rings. The molecule has 1 aromatic carbocycles. The van der Waals surface area contributed by atoms with Gasteiger partial charge in [-0.1, -0.05) is 6.92 Å². The van der Waals surface area contributed by atoms with Gasteiger partial charge in [-0.05, 0) is 24.3 Å². The lowest BCUT2D eigenvalue weighted by Gasteiger charge is -2.37. The molecule has 0 aromatic heterocycles. The Morgan fingerprint density at radius 2 is 2.07 bits per heavy atom. The molecular formula is C12H13NO2. The monoisotopic (exact) mass is 203 g/mol. The molecule has 1 aliphatic heterocycles. The standard InChI is InChI=1S/C12H13NO2/c1-12(7-14-8-12)9-15-11-4-2-10(6-13)3-5-11/h2-5H,7-9H2,1H3. The average molecular weight is 203 g/mol. The first kappa shape index (κ1) is 10.0. The van der Waals surface area contributed by atoms with Crippen LogP contribution in [0.4, 0.5) is 0 Å². The smallest absolute Gasteiger partial charge is 0.119 e. The van der Waals surface area contributed by atoms with E-state index >= 15 is 0 Å². The van der Waals surface area contributed by atoms with E-state index in [1.807, 2.05) is 12.1 Å². The molecule has 3 nitrogen and oxygen atoms in total. The molecule has 0 bridgehead atoms. The number of nitrogens with zero attached hydrogens (tertiary/aromatic N) is 1. The Bertz CT molecular complexity index is 374. The van der Waals surface area contributed by atoms with Gasteiger partial charge in [0, 0.05) is 5.41 Å². The van der Waals surface area contributed by atoms with Crippen LogP contribution in [0.2, 0.25) is 0 Å². The molecular weight excluding hydrogens is 190 g/mol. The van der Waals surface area contributed by atoms with Crippen LogP contribution in [0.15, 0.2) is 24.3 Å². The van der Waals surface area contributed by atoms with Gasteiger partial charge in [0.15, 0.2) is 0 Å². The Morgan fingerprint density at radius 3 is 2.53 bits per heavy atom. The van der Waals surface area contributed by atoms with Crippen molar-refractivity contribution in [2.45, 2.75) is 6.92 Å². The highest BCUT2D eigenvalue weighted by Crippen LogP contribution is 2.27. The SMILES string of the molecule is CC1(COc2ccc(C#N)cc2)COC1. The maximum atomic E-state index is 8.63. The van der Waals surface area contributed by atoms with Crippen molar-refractivity contribution >= 4 is 0 Å². The summed E-state index contributed by atoms with van der Waals surface area (Å²) in [5, 5.41) is 8.63. The Hall–Kier alpha value is -1.53. The molecule has 0 unspecified atom stereocenters. The van der Waals surface area contributed by atoms with Gasteiger partial charge in [-0.25, -0.2) is 0 Å². The van der Waals surface area contributed by atoms with Crippen molar-refractivity contribution in [3.8, 4) is 11.8 Å². The molecule has 0 N–H and O–H groups in total. The predicted octanol–water partition coefficient (Wildman–Crippen LogP) is 1.97. The zero-order valence-corrected chi connectivity index (χ0v) is 8.69. The molecule has 78 valence electrons. The lowest BCUT2D eigenvalue weighted by atomic mass is 9.90. The van der Waals surface area contributed by atoms with E-state index in [1.54, 1.807) is 12.1 Å². The van der Waals surface area contributed by atoms with Crippen molar-refractivity contribution in [1.82, 2.24) is 0 Å². The van der Waals surface area contributed by atoms with Crippen molar-refractivity contribution in [1.29, 1.82) is 5.26 Å². The normalized spacial score (nSPS) is 17.6. The summed E-state index contributed by atoms with van der Waals surface area (Å²) in [5.41, 5.74) is 0.814. The Labute approximate surface area is 89.2 Å². The van der Waals surface area contributed by atoms with Crippen LogP contribution < -0.4 is 4.74 Å². The fourth-order valence-corrected chi connectivity index (χ4v) is 1.42. The molecule has 2 rings (SSSR count). The molecule has 0 radical (unpaired) electrons. The molecule has 1 saturated heterocycles. The molecule has 15 heavy (non-hydrogen) atoms. The van der Waals surface area contributed by atoms with E-state index in [4.69, 9.17) is 14.7 Å². The van der Waals surface area contributed by atoms with Crippen molar-refractivity contribution in [2.24, 2.45) is 5.41 Å². The molecule has 3 heteroatoms. The van der Waals surface area contributed by atoms with E-state index in [0.717, 1.165) is 19.0 Å². The van der Waals surface area contributed by atoms with Crippen LogP contribution >= 0.6 is 0 Å². The third-order valence-electron chi connectivity index (χ3n) is 2.47. The van der Waals surface area contributed by atoms with Crippen LogP contribution in [-0.2, 0) is 4.74 Å². The highest BCUT2D eigenvalue weighted by atomic mass is 16.5. The average Bonchev–Trinajstić information content (AvgIpc) is 2.24. The molecule has 0 spiro atoms. The van der Waals surface area contributed by atoms with E-state index in [1.165, 1.54) is 0 Å². The molecule has 0 amide bonds. The first-order valence-corrected chi connectivity index (χ1v) is 4.93. The molecule has 1 heterocycles. The lowest BCUT2D eigenvalue weighted by Crippen LogP contribution is -2.44. The molecule has 0 aliphatic carbocycles. The van der Waals surface area contributed by atoms with Gasteiger partial charge in [0.05, 0.1) is 31.5 Å². The van der Waals surface area contributed by atoms with Crippen molar-refractivity contribution in [3.05, 3.63) is 29.8 Å². The minimum Gasteiger partial charge on any atom is -0.493 e. The minimum atomic E-state index is 0.161. The van der Waals surface area contributed by atoms with Crippen molar-refractivity contribution in [3.63, 3.8) is 0 Å². The maximum Gasteiger partial charge on any atom is 0.119 e. The summed E-state index contributed by atoms with van der Waals surface area (Å²) < 4.78 is 10.8. The third kappa shape index (κ3) is 2.28. The number of hydrogen-bond donors (Lipinski definition) is 0. The Kier molecular flexibility index (Phi) is 2.61. The maximum absolute atomic E-state index is 8.63. The van der Waals surface area contributed by atoms with Crippen LogP contribution in [0.1, 0.15) is 12.5 Å². The van der Waals surface area contributed by atoms with Crippen LogP contribution in [0.3, 0.4) is 0 Å². The summed E-state index contributed by atoms with van der Waals surface area (Å²) >= 11 is 0. The summed E-state index contributed by atoms with van der Waals surface area (Å²) in [5.74, 6) is 0.808. The number of benzene rings is 1. The van der Waals surface area contributed by atoms with E-state index < -0.39 is 0 Å². The zero-order chi connectivity index (χ0) is 10.7. The molecule has 0 saturated carbocycles. The van der Waals surface area contributed by atoms with Gasteiger partial charge in [-0.2, -0.15) is 5.26 Å². The minimum absolute atomic E-state index is 0.161. The van der Waals surface area contributed by atoms with E-state index in [9.17, 15) is 0 Å². The molecule has 1 aromatic rings. The van der Waals surface area contributed by atoms with Gasteiger partial charge in [0.2, 0.25) is 0 Å². The first-order chi connectivity index (χ1) is 7.22. The van der Waals surface area contributed by atoms with E-state index in [0.29, 0.717) is 12.2 Å². The number of hydrogen-bond acceptors (Lipinski definition) is 3. The number of ether oxygens (including phenoxy) is 2. The molecule has 1 aliphatic rings. The number of nitriles is 1. The molecule has 0 atom stereocenters. The van der Waals surface area contributed by atoms with E-state index in [-0.39, 0.29) is 5.41 Å². The second-order valence-corrected chi connectivity index (χ2v) is 4.23. The van der Waals surface area contributed by atoms with Gasteiger partial charge in [0.25, 0.3) is 0 Å². The van der Waals surface area contributed by atoms with Gasteiger partial charge >= 0.3 is 0 Å². The van der Waals surface area contributed by atoms with Gasteiger partial charge in [-0.15, -0.1) is 0 Å². The van der Waals surface area contributed by atoms with Crippen LogP contribution in [0, 0.1) is 16.7 Å². The zero-order valence-electron chi connectivity index (χ0n) is 8.69. The fraction of sp³-hybridized carbons (Fsp3) is 0.417. The van der Waals surface area contributed by atoms with E-state index in [2.05, 4.69) is 13.0 Å². The van der Waals surface area contributed by atoms with Gasteiger partial charge in [0.1, 0.15) is 5.75 Å². The van der Waals surface area contributed by atoms with Crippen LogP contribution in [0.5, 0.6) is 5.75 Å². The topological polar surface area (TPSA) is 42.2 Å². The second kappa shape index (κ2) is 3.92. The Morgan fingerprint density at radius 1 is 1.40 bits per heavy atom. The Balaban J connectivity index is 1.91. The quantitative estimate of drug-likeness (QED) is 0.754. The highest BCUT2D eigenvalue weighted by molar-refractivity contribution is 5.34. The summed E-state index contributed by atoms with van der Waals surface area (Å²) in [6.45, 7) is 4.34. The fourth-order valence-electron chi connectivity index (χ4n) is 1.42. The summed E-state index contributed by atoms with van der Waals surface area (Å²) in [4.78, 5) is 0. The third-order valence-corrected chi connectivity index (χ3v) is 2.47. The summed E-state index contributed by atoms with van der Waals surface area (Å²) in [6, 6.07) is 9.23. The lowest BCUT2D eigenvalue weighted by molar-refractivity contribution is -0.120. The van der Waals surface area contributed by atoms with Crippen molar-refractivity contribution in [2.75, 3.05) is 19.8 Å². The van der Waals surface area contributed by atoms with Gasteiger partial charge < -0.3 is 9.47 Å². The van der Waals surface area contributed by atoms with Gasteiger partial charge in [-0.3, -0.25) is 0 Å². The largest absolute Gasteiger partial charge is 0.493 e. The van der Waals surface area contributed by atoms with Crippen LogP contribution in [-0.4, -0.2) is 19.8 Å².